The molecule has 0 unspecified atom stereocenters. The van der Waals surface area contributed by atoms with Gasteiger partial charge in [-0.05, 0) is 36.8 Å². The van der Waals surface area contributed by atoms with Crippen molar-refractivity contribution in [1.29, 1.82) is 0 Å². The Morgan fingerprint density at radius 1 is 1.14 bits per heavy atom. The summed E-state index contributed by atoms with van der Waals surface area (Å²) in [5.41, 5.74) is 1.12. The zero-order valence-electron chi connectivity index (χ0n) is 16.0. The highest BCUT2D eigenvalue weighted by Gasteiger charge is 2.22. The summed E-state index contributed by atoms with van der Waals surface area (Å²) in [4.78, 5) is 27.9. The first-order valence-corrected chi connectivity index (χ1v) is 10.2. The lowest BCUT2D eigenvalue weighted by atomic mass is 10.2. The third kappa shape index (κ3) is 5.14. The van der Waals surface area contributed by atoms with E-state index in [1.165, 1.54) is 28.7 Å². The van der Waals surface area contributed by atoms with E-state index < -0.39 is 28.5 Å². The van der Waals surface area contributed by atoms with E-state index in [0.717, 1.165) is 0 Å². The molecule has 1 aromatic carbocycles. The highest BCUT2D eigenvalue weighted by atomic mass is 32.2. The molecule has 0 saturated carbocycles. The molecule has 28 heavy (non-hydrogen) atoms. The fraction of sp³-hybridized carbons (Fsp3) is 0.316. The number of carbonyl (C=O) groups excluding carboxylic acids is 2. The van der Waals surface area contributed by atoms with E-state index in [4.69, 9.17) is 4.74 Å². The molecule has 1 heterocycles. The minimum atomic E-state index is -3.65. The van der Waals surface area contributed by atoms with Crippen molar-refractivity contribution in [1.82, 2.24) is 9.29 Å². The molecular weight excluding hydrogens is 382 g/mol. The molecule has 0 radical (unpaired) electrons. The molecule has 1 N–H and O–H groups in total. The topological polar surface area (TPSA) is 106 Å². The summed E-state index contributed by atoms with van der Waals surface area (Å²) in [6.45, 7) is 5.43. The van der Waals surface area contributed by atoms with Gasteiger partial charge in [-0.3, -0.25) is 4.79 Å². The van der Waals surface area contributed by atoms with Crippen molar-refractivity contribution in [3.63, 3.8) is 0 Å². The van der Waals surface area contributed by atoms with E-state index in [-0.39, 0.29) is 10.6 Å². The SMILES string of the molecule is CCN(CC)S(=O)(=O)c1ccc(C)c(NC(=O)COC(=O)c2ccccn2)c1. The average Bonchev–Trinajstić information content (AvgIpc) is 2.69. The summed E-state index contributed by atoms with van der Waals surface area (Å²) < 4.78 is 31.6. The van der Waals surface area contributed by atoms with Gasteiger partial charge in [-0.15, -0.1) is 0 Å². The number of sulfonamides is 1. The number of rotatable bonds is 8. The largest absolute Gasteiger partial charge is 0.451 e. The van der Waals surface area contributed by atoms with Crippen molar-refractivity contribution in [2.24, 2.45) is 0 Å². The molecule has 0 fully saturated rings. The molecule has 0 atom stereocenters. The van der Waals surface area contributed by atoms with Crippen molar-refractivity contribution in [3.05, 3.63) is 53.9 Å². The zero-order valence-corrected chi connectivity index (χ0v) is 16.8. The number of amides is 1. The number of aryl methyl sites for hydroxylation is 1. The quantitative estimate of drug-likeness (QED) is 0.675. The molecule has 8 nitrogen and oxygen atoms in total. The fourth-order valence-corrected chi connectivity index (χ4v) is 3.97. The Hall–Kier alpha value is -2.78. The first-order chi connectivity index (χ1) is 13.3. The monoisotopic (exact) mass is 405 g/mol. The van der Waals surface area contributed by atoms with Crippen LogP contribution in [0.3, 0.4) is 0 Å². The molecule has 0 spiro atoms. The first-order valence-electron chi connectivity index (χ1n) is 8.78. The zero-order chi connectivity index (χ0) is 20.7. The molecule has 9 heteroatoms. The molecule has 0 aliphatic heterocycles. The molecule has 2 aromatic rings. The van der Waals surface area contributed by atoms with E-state index in [9.17, 15) is 18.0 Å². The van der Waals surface area contributed by atoms with Gasteiger partial charge in [-0.2, -0.15) is 4.31 Å². The maximum atomic E-state index is 12.7. The number of carbonyl (C=O) groups is 2. The van der Waals surface area contributed by atoms with Gasteiger partial charge in [-0.25, -0.2) is 18.2 Å². The standard InChI is InChI=1S/C19H23N3O5S/c1-4-22(5-2)28(25,26)15-10-9-14(3)17(12-15)21-18(23)13-27-19(24)16-8-6-7-11-20-16/h6-12H,4-5,13H2,1-3H3,(H,21,23). The van der Waals surface area contributed by atoms with Crippen LogP contribution in [0.25, 0.3) is 0 Å². The smallest absolute Gasteiger partial charge is 0.357 e. The molecule has 1 amide bonds. The van der Waals surface area contributed by atoms with Gasteiger partial charge < -0.3 is 10.1 Å². The molecule has 0 aliphatic rings. The summed E-state index contributed by atoms with van der Waals surface area (Å²) in [6, 6.07) is 9.29. The molecule has 0 saturated heterocycles. The normalized spacial score (nSPS) is 11.3. The van der Waals surface area contributed by atoms with E-state index >= 15 is 0 Å². The van der Waals surface area contributed by atoms with Gasteiger partial charge in [0.15, 0.2) is 6.61 Å². The number of ether oxygens (including phenoxy) is 1. The number of hydrogen-bond donors (Lipinski definition) is 1. The van der Waals surface area contributed by atoms with E-state index in [2.05, 4.69) is 10.3 Å². The summed E-state index contributed by atoms with van der Waals surface area (Å²) in [7, 11) is -3.65. The van der Waals surface area contributed by atoms with Crippen LogP contribution >= 0.6 is 0 Å². The second-order valence-corrected chi connectivity index (χ2v) is 7.84. The molecule has 150 valence electrons. The number of anilines is 1. The minimum absolute atomic E-state index is 0.0857. The lowest BCUT2D eigenvalue weighted by molar-refractivity contribution is -0.119. The van der Waals surface area contributed by atoms with Gasteiger partial charge in [0.1, 0.15) is 5.69 Å². The Bertz CT molecular complexity index is 941. The second kappa shape index (κ2) is 9.43. The number of pyridine rings is 1. The van der Waals surface area contributed by atoms with Gasteiger partial charge in [0.2, 0.25) is 10.0 Å². The Labute approximate surface area is 164 Å². The molecule has 0 aliphatic carbocycles. The number of nitrogens with one attached hydrogen (secondary N) is 1. The Balaban J connectivity index is 2.09. The Kier molecular flexibility index (Phi) is 7.24. The van der Waals surface area contributed by atoms with Crippen LogP contribution in [0.1, 0.15) is 29.9 Å². The van der Waals surface area contributed by atoms with Gasteiger partial charge in [-0.1, -0.05) is 26.0 Å². The number of hydrogen-bond acceptors (Lipinski definition) is 6. The summed E-state index contributed by atoms with van der Waals surface area (Å²) in [5, 5.41) is 2.58. The minimum Gasteiger partial charge on any atom is -0.451 e. The van der Waals surface area contributed by atoms with Crippen LogP contribution in [0, 0.1) is 6.92 Å². The van der Waals surface area contributed by atoms with Crippen molar-refractivity contribution >= 4 is 27.6 Å². The highest BCUT2D eigenvalue weighted by molar-refractivity contribution is 7.89. The van der Waals surface area contributed by atoms with Crippen LogP contribution in [0.2, 0.25) is 0 Å². The van der Waals surface area contributed by atoms with Gasteiger partial charge >= 0.3 is 5.97 Å². The van der Waals surface area contributed by atoms with Crippen LogP contribution in [0.15, 0.2) is 47.5 Å². The predicted octanol–water partition coefficient (Wildman–Crippen LogP) is 2.22. The van der Waals surface area contributed by atoms with E-state index in [0.29, 0.717) is 24.3 Å². The maximum Gasteiger partial charge on any atom is 0.357 e. The molecule has 0 bridgehead atoms. The van der Waals surface area contributed by atoms with Crippen LogP contribution < -0.4 is 5.32 Å². The van der Waals surface area contributed by atoms with Gasteiger partial charge in [0.25, 0.3) is 5.91 Å². The third-order valence-corrected chi connectivity index (χ3v) is 6.08. The molecule has 2 rings (SSSR count). The number of benzene rings is 1. The van der Waals surface area contributed by atoms with Crippen molar-refractivity contribution in [2.45, 2.75) is 25.7 Å². The molecule has 1 aromatic heterocycles. The van der Waals surface area contributed by atoms with Gasteiger partial charge in [0.05, 0.1) is 4.90 Å². The second-order valence-electron chi connectivity index (χ2n) is 5.91. The van der Waals surface area contributed by atoms with Crippen LogP contribution in [0.5, 0.6) is 0 Å². The Morgan fingerprint density at radius 3 is 2.46 bits per heavy atom. The highest BCUT2D eigenvalue weighted by Crippen LogP contribution is 2.23. The number of esters is 1. The van der Waals surface area contributed by atoms with Crippen LogP contribution in [-0.4, -0.2) is 49.3 Å². The van der Waals surface area contributed by atoms with Crippen LogP contribution in [0.4, 0.5) is 5.69 Å². The Morgan fingerprint density at radius 2 is 1.86 bits per heavy atom. The average molecular weight is 405 g/mol. The third-order valence-electron chi connectivity index (χ3n) is 4.03. The summed E-state index contributed by atoms with van der Waals surface area (Å²) in [6.07, 6.45) is 1.45. The van der Waals surface area contributed by atoms with Gasteiger partial charge in [0, 0.05) is 25.0 Å². The summed E-state index contributed by atoms with van der Waals surface area (Å²) in [5.74, 6) is -1.30. The first kappa shape index (κ1) is 21.5. The molecular formula is C19H23N3O5S. The number of aromatic nitrogens is 1. The van der Waals surface area contributed by atoms with E-state index in [1.807, 2.05) is 0 Å². The number of nitrogens with zero attached hydrogens (tertiary/aromatic N) is 2. The lowest BCUT2D eigenvalue weighted by Crippen LogP contribution is -2.30. The van der Waals surface area contributed by atoms with Crippen molar-refractivity contribution < 1.29 is 22.7 Å². The van der Waals surface area contributed by atoms with Crippen LogP contribution in [-0.2, 0) is 19.6 Å². The van der Waals surface area contributed by atoms with Crippen molar-refractivity contribution in [3.8, 4) is 0 Å². The maximum absolute atomic E-state index is 12.7. The predicted molar refractivity (Wildman–Crippen MR) is 104 cm³/mol. The van der Waals surface area contributed by atoms with E-state index in [1.54, 1.807) is 39.0 Å². The summed E-state index contributed by atoms with van der Waals surface area (Å²) >= 11 is 0. The van der Waals surface area contributed by atoms with Crippen molar-refractivity contribution in [2.75, 3.05) is 25.0 Å². The lowest BCUT2D eigenvalue weighted by Gasteiger charge is -2.19. The fourth-order valence-electron chi connectivity index (χ4n) is 2.48.